The van der Waals surface area contributed by atoms with Crippen molar-refractivity contribution in [3.8, 4) is 0 Å². The molecule has 1 rings (SSSR count). The lowest BCUT2D eigenvalue weighted by Gasteiger charge is -2.04. The molecule has 0 nitrogen and oxygen atoms in total. The molecule has 0 aliphatic heterocycles. The van der Waals surface area contributed by atoms with Gasteiger partial charge in [-0.15, -0.1) is 0 Å². The van der Waals surface area contributed by atoms with Crippen LogP contribution in [0.25, 0.3) is 5.20 Å². The van der Waals surface area contributed by atoms with Crippen molar-refractivity contribution in [2.75, 3.05) is 0 Å². The van der Waals surface area contributed by atoms with E-state index in [9.17, 15) is 4.39 Å². The van der Waals surface area contributed by atoms with Gasteiger partial charge in [0.25, 0.3) is 0 Å². The first-order valence-corrected chi connectivity index (χ1v) is 6.16. The fourth-order valence-corrected chi connectivity index (χ4v) is 1.95. The minimum absolute atomic E-state index is 0.0877. The van der Waals surface area contributed by atoms with Gasteiger partial charge in [-0.25, -0.2) is 4.39 Å². The molecule has 1 aromatic rings. The van der Waals surface area contributed by atoms with Crippen LogP contribution in [-0.2, 0) is 0 Å². The Morgan fingerprint density at radius 2 is 1.93 bits per heavy atom. The molecule has 0 N–H and O–H groups in total. The third-order valence-electron chi connectivity index (χ3n) is 2.36. The Labute approximate surface area is 88.3 Å². The summed E-state index contributed by atoms with van der Waals surface area (Å²) in [4.78, 5) is 0. The van der Waals surface area contributed by atoms with Crippen LogP contribution in [0.15, 0.2) is 36.2 Å². The van der Waals surface area contributed by atoms with E-state index >= 15 is 0 Å². The number of unbranched alkanes of at least 4 members (excludes halogenated alkanes) is 1. The van der Waals surface area contributed by atoms with Gasteiger partial charge in [0, 0.05) is 10.2 Å². The van der Waals surface area contributed by atoms with Crippen LogP contribution in [0, 0.1) is 0 Å². The molecule has 0 fully saturated rings. The second kappa shape index (κ2) is 5.76. The molecule has 0 atom stereocenters. The van der Waals surface area contributed by atoms with Crippen LogP contribution in [0.3, 0.4) is 0 Å². The molecule has 1 aromatic carbocycles. The van der Waals surface area contributed by atoms with E-state index in [1.807, 2.05) is 30.3 Å². The second-order valence-corrected chi connectivity index (χ2v) is 4.50. The van der Waals surface area contributed by atoms with Crippen LogP contribution in [0.4, 0.5) is 4.39 Å². The van der Waals surface area contributed by atoms with Crippen LogP contribution >= 0.6 is 0 Å². The van der Waals surface area contributed by atoms with E-state index in [2.05, 4.69) is 6.92 Å². The molecule has 0 bridgehead atoms. The van der Waals surface area contributed by atoms with Gasteiger partial charge in [-0.3, -0.25) is 0 Å². The molecule has 0 aromatic heterocycles. The normalized spacial score (nSPS) is 12.7. The average molecular weight is 208 g/mol. The maximum Gasteiger partial charge on any atom is 0.0987 e. The van der Waals surface area contributed by atoms with Gasteiger partial charge in [0.1, 0.15) is 0 Å². The molecule has 0 amide bonds. The summed E-state index contributed by atoms with van der Waals surface area (Å²) in [5, 5.41) is 0.916. The molecular formula is C12H17FSi. The molecule has 0 aliphatic rings. The summed E-state index contributed by atoms with van der Waals surface area (Å²) in [5.74, 6) is 0.0877. The van der Waals surface area contributed by atoms with Gasteiger partial charge in [0.15, 0.2) is 0 Å². The molecule has 0 heterocycles. The quantitative estimate of drug-likeness (QED) is 0.667. The zero-order chi connectivity index (χ0) is 10.4. The van der Waals surface area contributed by atoms with Crippen molar-refractivity contribution in [2.24, 2.45) is 0 Å². The fraction of sp³-hybridized carbons (Fsp3) is 0.333. The maximum atomic E-state index is 13.6. The minimum atomic E-state index is 0.0877. The molecule has 0 saturated carbocycles. The Bertz CT molecular complexity index is 303. The zero-order valence-electron chi connectivity index (χ0n) is 8.89. The standard InChI is InChI=1S/C12H17FSi/c1-2-3-9-11(13)12(14)10-7-5-4-6-8-10/h4-8H,2-3,9H2,1,14H3. The number of halogens is 1. The molecule has 2 heteroatoms. The van der Waals surface area contributed by atoms with E-state index in [-0.39, 0.29) is 5.83 Å². The first-order valence-electron chi connectivity index (χ1n) is 5.16. The maximum absolute atomic E-state index is 13.6. The van der Waals surface area contributed by atoms with E-state index in [0.29, 0.717) is 6.42 Å². The van der Waals surface area contributed by atoms with Gasteiger partial charge in [-0.1, -0.05) is 43.7 Å². The van der Waals surface area contributed by atoms with Crippen LogP contribution in [0.1, 0.15) is 31.7 Å². The smallest absolute Gasteiger partial charge is 0.0987 e. The number of allylic oxidation sites excluding steroid dienone is 1. The van der Waals surface area contributed by atoms with Gasteiger partial charge in [0.05, 0.1) is 5.83 Å². The predicted molar refractivity (Wildman–Crippen MR) is 63.9 cm³/mol. The van der Waals surface area contributed by atoms with E-state index in [1.165, 1.54) is 0 Å². The first-order chi connectivity index (χ1) is 6.75. The monoisotopic (exact) mass is 208 g/mol. The summed E-state index contributed by atoms with van der Waals surface area (Å²) in [7, 11) is 0.782. The zero-order valence-corrected chi connectivity index (χ0v) is 10.9. The molecule has 14 heavy (non-hydrogen) atoms. The lowest BCUT2D eigenvalue weighted by Crippen LogP contribution is -1.88. The Morgan fingerprint density at radius 1 is 1.29 bits per heavy atom. The third-order valence-corrected chi connectivity index (χ3v) is 3.48. The number of hydrogen-bond acceptors (Lipinski definition) is 0. The van der Waals surface area contributed by atoms with Gasteiger partial charge in [0.2, 0.25) is 0 Å². The molecule has 0 radical (unpaired) electrons. The van der Waals surface area contributed by atoms with Crippen molar-refractivity contribution in [1.29, 1.82) is 0 Å². The highest BCUT2D eigenvalue weighted by Crippen LogP contribution is 2.20. The van der Waals surface area contributed by atoms with Gasteiger partial charge >= 0.3 is 0 Å². The highest BCUT2D eigenvalue weighted by molar-refractivity contribution is 6.42. The van der Waals surface area contributed by atoms with Crippen molar-refractivity contribution in [2.45, 2.75) is 26.2 Å². The lowest BCUT2D eigenvalue weighted by molar-refractivity contribution is 0.575. The van der Waals surface area contributed by atoms with E-state index < -0.39 is 0 Å². The Hall–Kier alpha value is -0.893. The van der Waals surface area contributed by atoms with Gasteiger partial charge in [-0.2, -0.15) is 0 Å². The van der Waals surface area contributed by atoms with Crippen molar-refractivity contribution in [1.82, 2.24) is 0 Å². The van der Waals surface area contributed by atoms with Crippen molar-refractivity contribution >= 4 is 15.4 Å². The fourth-order valence-electron chi connectivity index (χ4n) is 1.36. The summed E-state index contributed by atoms with van der Waals surface area (Å²) in [6.45, 7) is 2.09. The van der Waals surface area contributed by atoms with Crippen LogP contribution in [-0.4, -0.2) is 10.2 Å². The summed E-state index contributed by atoms with van der Waals surface area (Å²) in [5.41, 5.74) is 1.05. The Kier molecular flexibility index (Phi) is 4.60. The van der Waals surface area contributed by atoms with Crippen molar-refractivity contribution < 1.29 is 4.39 Å². The van der Waals surface area contributed by atoms with E-state index in [4.69, 9.17) is 0 Å². The molecule has 0 unspecified atom stereocenters. The number of hydrogen-bond donors (Lipinski definition) is 0. The third kappa shape index (κ3) is 3.11. The average Bonchev–Trinajstić information content (AvgIpc) is 2.26. The minimum Gasteiger partial charge on any atom is -0.212 e. The molecular weight excluding hydrogens is 191 g/mol. The summed E-state index contributed by atoms with van der Waals surface area (Å²) >= 11 is 0. The molecule has 76 valence electrons. The van der Waals surface area contributed by atoms with Crippen LogP contribution in [0.2, 0.25) is 0 Å². The molecule has 0 spiro atoms. The van der Waals surface area contributed by atoms with E-state index in [0.717, 1.165) is 33.8 Å². The topological polar surface area (TPSA) is 0 Å². The highest BCUT2D eigenvalue weighted by atomic mass is 28.1. The van der Waals surface area contributed by atoms with Crippen molar-refractivity contribution in [3.05, 3.63) is 41.7 Å². The predicted octanol–water partition coefficient (Wildman–Crippen LogP) is 2.88. The summed E-state index contributed by atoms with van der Waals surface area (Å²) in [6.07, 6.45) is 2.60. The largest absolute Gasteiger partial charge is 0.212 e. The van der Waals surface area contributed by atoms with Gasteiger partial charge < -0.3 is 0 Å². The van der Waals surface area contributed by atoms with Gasteiger partial charge in [-0.05, 0) is 23.6 Å². The summed E-state index contributed by atoms with van der Waals surface area (Å²) < 4.78 is 13.6. The molecule has 0 aliphatic carbocycles. The van der Waals surface area contributed by atoms with Crippen molar-refractivity contribution in [3.63, 3.8) is 0 Å². The second-order valence-electron chi connectivity index (χ2n) is 3.50. The lowest BCUT2D eigenvalue weighted by atomic mass is 10.1. The first kappa shape index (κ1) is 11.2. The SMILES string of the molecule is CCCCC(F)=C([SiH3])c1ccccc1. The number of rotatable bonds is 4. The molecule has 0 saturated heterocycles. The Balaban J connectivity index is 2.77. The van der Waals surface area contributed by atoms with Crippen LogP contribution in [0.5, 0.6) is 0 Å². The van der Waals surface area contributed by atoms with E-state index in [1.54, 1.807) is 0 Å². The van der Waals surface area contributed by atoms with Crippen LogP contribution < -0.4 is 0 Å². The number of benzene rings is 1. The highest BCUT2D eigenvalue weighted by Gasteiger charge is 2.02. The summed E-state index contributed by atoms with van der Waals surface area (Å²) in [6, 6.07) is 9.84. The Morgan fingerprint density at radius 3 is 2.50 bits per heavy atom.